The van der Waals surface area contributed by atoms with E-state index in [1.165, 1.54) is 0 Å². The fraction of sp³-hybridized carbons (Fsp3) is 0.375. The van der Waals surface area contributed by atoms with Gasteiger partial charge in [0.25, 0.3) is 0 Å². The summed E-state index contributed by atoms with van der Waals surface area (Å²) in [5, 5.41) is 11.0. The number of carbonyl (C=O) groups excluding carboxylic acids is 1. The van der Waals surface area contributed by atoms with Gasteiger partial charge in [-0.05, 0) is 58.9 Å². The number of rotatable bonds is 7. The number of Topliss-reactive ketones (excluding diaryl/α,β-unsaturated/α-hetero) is 1. The van der Waals surface area contributed by atoms with Crippen LogP contribution in [0.25, 0.3) is 6.08 Å². The van der Waals surface area contributed by atoms with Gasteiger partial charge in [0.15, 0.2) is 5.76 Å². The highest BCUT2D eigenvalue weighted by molar-refractivity contribution is 6.16. The molecule has 31 heavy (non-hydrogen) atoms. The molecule has 0 aliphatic carbocycles. The average Bonchev–Trinajstić information content (AvgIpc) is 3.04. The summed E-state index contributed by atoms with van der Waals surface area (Å²) < 4.78 is 16.8. The van der Waals surface area contributed by atoms with Gasteiger partial charge in [-0.1, -0.05) is 0 Å². The summed E-state index contributed by atoms with van der Waals surface area (Å²) in [6.45, 7) is 2.82. The molecular formula is C24H30N2O5. The molecule has 166 valence electrons. The lowest BCUT2D eigenvalue weighted by atomic mass is 9.93. The number of benzene rings is 2. The van der Waals surface area contributed by atoms with E-state index in [2.05, 4.69) is 0 Å². The Kier molecular flexibility index (Phi) is 6.57. The highest BCUT2D eigenvalue weighted by Crippen LogP contribution is 2.45. The molecular weight excluding hydrogens is 396 g/mol. The van der Waals surface area contributed by atoms with Crippen LogP contribution in [0.3, 0.4) is 0 Å². The zero-order valence-electron chi connectivity index (χ0n) is 19.2. The van der Waals surface area contributed by atoms with Crippen molar-refractivity contribution in [2.24, 2.45) is 0 Å². The first-order valence-corrected chi connectivity index (χ1v) is 10.0. The van der Waals surface area contributed by atoms with Crippen LogP contribution in [0.2, 0.25) is 0 Å². The van der Waals surface area contributed by atoms with Crippen molar-refractivity contribution < 1.29 is 24.1 Å². The van der Waals surface area contributed by atoms with Crippen LogP contribution in [-0.4, -0.2) is 63.1 Å². The predicted octanol–water partition coefficient (Wildman–Crippen LogP) is 3.46. The smallest absolute Gasteiger partial charge is 0.232 e. The standard InChI is InChI=1S/C24H30N2O5/c1-14-17(12-25(2)3)22(27)18(13-26(4)5)24-21(14)23(28)20(31-24)10-15-8-9-16(29-6)11-19(15)30-7/h8-11,27H,12-13H2,1-7H3. The largest absolute Gasteiger partial charge is 0.507 e. The van der Waals surface area contributed by atoms with Crippen molar-refractivity contribution >= 4 is 11.9 Å². The van der Waals surface area contributed by atoms with Gasteiger partial charge in [0, 0.05) is 30.3 Å². The fourth-order valence-electron chi connectivity index (χ4n) is 3.75. The van der Waals surface area contributed by atoms with E-state index in [4.69, 9.17) is 14.2 Å². The van der Waals surface area contributed by atoms with Crippen molar-refractivity contribution in [1.29, 1.82) is 0 Å². The van der Waals surface area contributed by atoms with E-state index in [0.717, 1.165) is 11.1 Å². The van der Waals surface area contributed by atoms with E-state index in [1.54, 1.807) is 32.4 Å². The van der Waals surface area contributed by atoms with Crippen molar-refractivity contribution in [1.82, 2.24) is 9.80 Å². The first-order valence-electron chi connectivity index (χ1n) is 10.0. The number of allylic oxidation sites excluding steroid dienone is 1. The van der Waals surface area contributed by atoms with Crippen molar-refractivity contribution in [3.63, 3.8) is 0 Å². The van der Waals surface area contributed by atoms with Gasteiger partial charge in [-0.25, -0.2) is 0 Å². The molecule has 0 fully saturated rings. The molecule has 0 unspecified atom stereocenters. The second-order valence-electron chi connectivity index (χ2n) is 8.16. The van der Waals surface area contributed by atoms with Gasteiger partial charge in [-0.15, -0.1) is 0 Å². The number of nitrogens with zero attached hydrogens (tertiary/aromatic N) is 2. The van der Waals surface area contributed by atoms with E-state index in [0.29, 0.717) is 47.0 Å². The van der Waals surface area contributed by atoms with Crippen molar-refractivity contribution in [2.45, 2.75) is 20.0 Å². The number of aromatic hydroxyl groups is 1. The molecule has 2 aromatic rings. The zero-order valence-corrected chi connectivity index (χ0v) is 19.2. The molecule has 1 aliphatic heterocycles. The van der Waals surface area contributed by atoms with Gasteiger partial charge >= 0.3 is 0 Å². The summed E-state index contributed by atoms with van der Waals surface area (Å²) in [6, 6.07) is 5.36. The maximum absolute atomic E-state index is 13.4. The van der Waals surface area contributed by atoms with Gasteiger partial charge in [0.1, 0.15) is 23.0 Å². The normalized spacial score (nSPS) is 14.4. The first kappa shape index (κ1) is 22.7. The number of hydrogen-bond acceptors (Lipinski definition) is 7. The van der Waals surface area contributed by atoms with Crippen LogP contribution < -0.4 is 14.2 Å². The lowest BCUT2D eigenvalue weighted by Gasteiger charge is -2.21. The Labute approximate surface area is 183 Å². The number of methoxy groups -OCH3 is 2. The molecule has 1 N–H and O–H groups in total. The fourth-order valence-corrected chi connectivity index (χ4v) is 3.75. The second-order valence-corrected chi connectivity index (χ2v) is 8.16. The maximum atomic E-state index is 13.4. The summed E-state index contributed by atoms with van der Waals surface area (Å²) in [4.78, 5) is 17.3. The summed E-state index contributed by atoms with van der Waals surface area (Å²) in [6.07, 6.45) is 1.67. The van der Waals surface area contributed by atoms with Gasteiger partial charge < -0.3 is 29.1 Å². The van der Waals surface area contributed by atoms with E-state index in [9.17, 15) is 9.90 Å². The van der Waals surface area contributed by atoms with Gasteiger partial charge in [-0.3, -0.25) is 4.79 Å². The Balaban J connectivity index is 2.15. The summed E-state index contributed by atoms with van der Waals surface area (Å²) in [5.41, 5.74) is 3.29. The molecule has 0 bridgehead atoms. The Morgan fingerprint density at radius 1 is 1.03 bits per heavy atom. The van der Waals surface area contributed by atoms with E-state index in [-0.39, 0.29) is 17.3 Å². The molecule has 7 heteroatoms. The van der Waals surface area contributed by atoms with Crippen LogP contribution in [0.1, 0.15) is 32.6 Å². The molecule has 1 heterocycles. The molecule has 2 aromatic carbocycles. The first-order chi connectivity index (χ1) is 14.7. The third-order valence-corrected chi connectivity index (χ3v) is 5.24. The Bertz CT molecular complexity index is 1040. The van der Waals surface area contributed by atoms with E-state index >= 15 is 0 Å². The average molecular weight is 427 g/mol. The topological polar surface area (TPSA) is 71.5 Å². The minimum absolute atomic E-state index is 0.176. The van der Waals surface area contributed by atoms with Gasteiger partial charge in [-0.2, -0.15) is 0 Å². The SMILES string of the molecule is COc1ccc(C=C2Oc3c(CN(C)C)c(O)c(CN(C)C)c(C)c3C2=O)c(OC)c1. The van der Waals surface area contributed by atoms with Gasteiger partial charge in [0.2, 0.25) is 5.78 Å². The highest BCUT2D eigenvalue weighted by atomic mass is 16.5. The second kappa shape index (κ2) is 8.99. The molecule has 7 nitrogen and oxygen atoms in total. The van der Waals surface area contributed by atoms with Gasteiger partial charge in [0.05, 0.1) is 25.3 Å². The third-order valence-electron chi connectivity index (χ3n) is 5.24. The van der Waals surface area contributed by atoms with Crippen LogP contribution in [0.5, 0.6) is 23.0 Å². The monoisotopic (exact) mass is 426 g/mol. The summed E-state index contributed by atoms with van der Waals surface area (Å²) in [5.74, 6) is 1.82. The van der Waals surface area contributed by atoms with E-state index < -0.39 is 0 Å². The van der Waals surface area contributed by atoms with Crippen LogP contribution in [0.4, 0.5) is 0 Å². The summed E-state index contributed by atoms with van der Waals surface area (Å²) in [7, 11) is 10.8. The molecule has 3 rings (SSSR count). The minimum Gasteiger partial charge on any atom is -0.507 e. The van der Waals surface area contributed by atoms with Crippen LogP contribution in [0.15, 0.2) is 24.0 Å². The maximum Gasteiger partial charge on any atom is 0.232 e. The molecule has 0 atom stereocenters. The third kappa shape index (κ3) is 4.38. The number of carbonyl (C=O) groups is 1. The molecule has 0 radical (unpaired) electrons. The molecule has 0 amide bonds. The minimum atomic E-state index is -0.203. The number of phenolic OH excluding ortho intramolecular Hbond substituents is 1. The van der Waals surface area contributed by atoms with E-state index in [1.807, 2.05) is 51.0 Å². The number of ketones is 1. The molecule has 0 saturated heterocycles. The molecule has 0 spiro atoms. The molecule has 0 saturated carbocycles. The number of ether oxygens (including phenoxy) is 3. The van der Waals surface area contributed by atoms with Crippen LogP contribution >= 0.6 is 0 Å². The van der Waals surface area contributed by atoms with Crippen molar-refractivity contribution in [3.8, 4) is 23.0 Å². The number of fused-ring (bicyclic) bond motifs is 1. The van der Waals surface area contributed by atoms with Crippen LogP contribution in [-0.2, 0) is 13.1 Å². The lowest BCUT2D eigenvalue weighted by Crippen LogP contribution is -2.16. The quantitative estimate of drug-likeness (QED) is 0.680. The lowest BCUT2D eigenvalue weighted by molar-refractivity contribution is 0.101. The Hall–Kier alpha value is -3.03. The Morgan fingerprint density at radius 3 is 2.26 bits per heavy atom. The van der Waals surface area contributed by atoms with Crippen molar-refractivity contribution in [3.05, 3.63) is 51.8 Å². The molecule has 1 aliphatic rings. The Morgan fingerprint density at radius 2 is 1.68 bits per heavy atom. The van der Waals surface area contributed by atoms with Crippen molar-refractivity contribution in [2.75, 3.05) is 42.4 Å². The summed E-state index contributed by atoms with van der Waals surface area (Å²) >= 11 is 0. The number of phenols is 1. The molecule has 0 aromatic heterocycles. The van der Waals surface area contributed by atoms with Crippen LogP contribution in [0, 0.1) is 6.92 Å². The predicted molar refractivity (Wildman–Crippen MR) is 120 cm³/mol. The zero-order chi connectivity index (χ0) is 22.9. The highest BCUT2D eigenvalue weighted by Gasteiger charge is 2.35. The number of hydrogen-bond donors (Lipinski definition) is 1.